The van der Waals surface area contributed by atoms with Gasteiger partial charge in [-0.1, -0.05) is 19.1 Å². The molecule has 2 aromatic rings. The lowest BCUT2D eigenvalue weighted by atomic mass is 10.1. The minimum atomic E-state index is -0.249. The molecule has 0 fully saturated rings. The van der Waals surface area contributed by atoms with Crippen molar-refractivity contribution in [2.45, 2.75) is 33.2 Å². The van der Waals surface area contributed by atoms with Gasteiger partial charge in [0.2, 0.25) is 0 Å². The van der Waals surface area contributed by atoms with Gasteiger partial charge in [0.05, 0.1) is 12.3 Å². The minimum absolute atomic E-state index is 0.00508. The van der Waals surface area contributed by atoms with Gasteiger partial charge in [-0.3, -0.25) is 4.79 Å². The third-order valence-electron chi connectivity index (χ3n) is 3.73. The molecule has 1 unspecified atom stereocenters. The maximum Gasteiger partial charge on any atom is 0.269 e. The molecule has 1 heterocycles. The Bertz CT molecular complexity index is 756. The quantitative estimate of drug-likeness (QED) is 0.844. The highest BCUT2D eigenvalue weighted by Gasteiger charge is 2.17. The fraction of sp³-hybridized carbons (Fsp3) is 0.333. The van der Waals surface area contributed by atoms with E-state index in [4.69, 9.17) is 10.00 Å². The second kappa shape index (κ2) is 6.95. The Morgan fingerprint density at radius 1 is 1.23 bits per heavy atom. The van der Waals surface area contributed by atoms with E-state index in [0.717, 1.165) is 23.4 Å². The molecule has 2 rings (SSSR count). The molecule has 22 heavy (non-hydrogen) atoms. The Kier molecular flexibility index (Phi) is 5.00. The van der Waals surface area contributed by atoms with Crippen LogP contribution < -0.4 is 10.3 Å². The van der Waals surface area contributed by atoms with Crippen LogP contribution in [0.15, 0.2) is 41.2 Å². The number of benzene rings is 1. The van der Waals surface area contributed by atoms with Crippen LogP contribution in [0.3, 0.4) is 0 Å². The highest BCUT2D eigenvalue weighted by Crippen LogP contribution is 2.31. The molecule has 0 bridgehead atoms. The average Bonchev–Trinajstić information content (AvgIpc) is 2.54. The first-order chi connectivity index (χ1) is 10.6. The SMILES string of the molecule is CCOc1ccccc1-c1ccc(C#N)c(=O)n1C(C)CC. The summed E-state index contributed by atoms with van der Waals surface area (Å²) in [6.07, 6.45) is 0.804. The Morgan fingerprint density at radius 3 is 2.59 bits per heavy atom. The van der Waals surface area contributed by atoms with Crippen molar-refractivity contribution < 1.29 is 4.74 Å². The normalized spacial score (nSPS) is 11.7. The average molecular weight is 296 g/mol. The molecular formula is C18H20N2O2. The van der Waals surface area contributed by atoms with Crippen molar-refractivity contribution in [1.29, 1.82) is 5.26 Å². The van der Waals surface area contributed by atoms with Gasteiger partial charge in [0.15, 0.2) is 0 Å². The van der Waals surface area contributed by atoms with E-state index in [9.17, 15) is 4.79 Å². The number of aromatic nitrogens is 1. The van der Waals surface area contributed by atoms with Crippen molar-refractivity contribution in [2.75, 3.05) is 6.61 Å². The van der Waals surface area contributed by atoms with Gasteiger partial charge in [-0.2, -0.15) is 5.26 Å². The molecule has 1 aromatic carbocycles. The van der Waals surface area contributed by atoms with Gasteiger partial charge in [0.25, 0.3) is 5.56 Å². The number of hydrogen-bond donors (Lipinski definition) is 0. The Hall–Kier alpha value is -2.54. The van der Waals surface area contributed by atoms with Crippen LogP contribution in [-0.2, 0) is 0 Å². The molecule has 0 amide bonds. The fourth-order valence-electron chi connectivity index (χ4n) is 2.44. The van der Waals surface area contributed by atoms with E-state index >= 15 is 0 Å². The first-order valence-electron chi connectivity index (χ1n) is 7.51. The summed E-state index contributed by atoms with van der Waals surface area (Å²) >= 11 is 0. The van der Waals surface area contributed by atoms with Crippen LogP contribution in [0.2, 0.25) is 0 Å². The number of hydrogen-bond acceptors (Lipinski definition) is 3. The lowest BCUT2D eigenvalue weighted by Gasteiger charge is -2.20. The summed E-state index contributed by atoms with van der Waals surface area (Å²) in [5, 5.41) is 9.11. The molecule has 4 heteroatoms. The predicted molar refractivity (Wildman–Crippen MR) is 87.0 cm³/mol. The van der Waals surface area contributed by atoms with Crippen molar-refractivity contribution in [2.24, 2.45) is 0 Å². The van der Waals surface area contributed by atoms with E-state index < -0.39 is 0 Å². The molecule has 4 nitrogen and oxygen atoms in total. The molecule has 0 aliphatic carbocycles. The first-order valence-corrected chi connectivity index (χ1v) is 7.51. The summed E-state index contributed by atoms with van der Waals surface area (Å²) in [4.78, 5) is 12.6. The Morgan fingerprint density at radius 2 is 1.95 bits per heavy atom. The Balaban J connectivity index is 2.74. The van der Waals surface area contributed by atoms with Gasteiger partial charge in [-0.25, -0.2) is 0 Å². The minimum Gasteiger partial charge on any atom is -0.493 e. The van der Waals surface area contributed by atoms with Crippen LogP contribution in [0.4, 0.5) is 0 Å². The molecule has 0 N–H and O–H groups in total. The number of pyridine rings is 1. The van der Waals surface area contributed by atoms with E-state index in [1.807, 2.05) is 57.2 Å². The number of ether oxygens (including phenoxy) is 1. The third-order valence-corrected chi connectivity index (χ3v) is 3.73. The lowest BCUT2D eigenvalue weighted by Crippen LogP contribution is -2.26. The summed E-state index contributed by atoms with van der Waals surface area (Å²) in [6.45, 7) is 6.49. The van der Waals surface area contributed by atoms with E-state index in [1.54, 1.807) is 10.6 Å². The van der Waals surface area contributed by atoms with Gasteiger partial charge in [0.1, 0.15) is 17.4 Å². The van der Waals surface area contributed by atoms with Crippen molar-refractivity contribution in [1.82, 2.24) is 4.57 Å². The van der Waals surface area contributed by atoms with Crippen molar-refractivity contribution in [3.8, 4) is 23.1 Å². The standard InChI is InChI=1S/C18H20N2O2/c1-4-13(3)20-16(11-10-14(12-19)18(20)21)15-8-6-7-9-17(15)22-5-2/h6-11,13H,4-5H2,1-3H3. The predicted octanol–water partition coefficient (Wildman–Crippen LogP) is 3.76. The topological polar surface area (TPSA) is 55.0 Å². The van der Waals surface area contributed by atoms with Crippen LogP contribution in [0.5, 0.6) is 5.75 Å². The Labute approximate surface area is 130 Å². The van der Waals surface area contributed by atoms with Crippen LogP contribution >= 0.6 is 0 Å². The molecule has 0 aliphatic rings. The van der Waals surface area contributed by atoms with Crippen molar-refractivity contribution in [3.63, 3.8) is 0 Å². The zero-order valence-corrected chi connectivity index (χ0v) is 13.2. The van der Waals surface area contributed by atoms with Crippen LogP contribution in [0.25, 0.3) is 11.3 Å². The lowest BCUT2D eigenvalue weighted by molar-refractivity contribution is 0.341. The summed E-state index contributed by atoms with van der Waals surface area (Å²) < 4.78 is 7.37. The molecule has 1 aromatic heterocycles. The monoisotopic (exact) mass is 296 g/mol. The summed E-state index contributed by atoms with van der Waals surface area (Å²) in [6, 6.07) is 13.0. The van der Waals surface area contributed by atoms with Gasteiger partial charge < -0.3 is 9.30 Å². The van der Waals surface area contributed by atoms with Crippen LogP contribution in [-0.4, -0.2) is 11.2 Å². The number of nitrogens with zero attached hydrogens (tertiary/aromatic N) is 2. The fourth-order valence-corrected chi connectivity index (χ4v) is 2.44. The zero-order chi connectivity index (χ0) is 16.1. The molecule has 1 atom stereocenters. The number of rotatable bonds is 5. The zero-order valence-electron chi connectivity index (χ0n) is 13.2. The highest BCUT2D eigenvalue weighted by atomic mass is 16.5. The smallest absolute Gasteiger partial charge is 0.269 e. The maximum atomic E-state index is 12.6. The number of para-hydroxylation sites is 1. The van der Waals surface area contributed by atoms with Crippen molar-refractivity contribution in [3.05, 3.63) is 52.3 Å². The summed E-state index contributed by atoms with van der Waals surface area (Å²) in [5.74, 6) is 0.742. The molecule has 0 saturated carbocycles. The van der Waals surface area contributed by atoms with Gasteiger partial charge in [-0.15, -0.1) is 0 Å². The molecular weight excluding hydrogens is 276 g/mol. The third kappa shape index (κ3) is 2.89. The van der Waals surface area contributed by atoms with Crippen LogP contribution in [0.1, 0.15) is 38.8 Å². The first kappa shape index (κ1) is 15.8. The largest absolute Gasteiger partial charge is 0.493 e. The van der Waals surface area contributed by atoms with Gasteiger partial charge in [-0.05, 0) is 44.5 Å². The second-order valence-corrected chi connectivity index (χ2v) is 5.11. The van der Waals surface area contributed by atoms with E-state index in [1.165, 1.54) is 0 Å². The highest BCUT2D eigenvalue weighted by molar-refractivity contribution is 5.68. The molecule has 114 valence electrons. The van der Waals surface area contributed by atoms with E-state index in [-0.39, 0.29) is 17.2 Å². The molecule has 0 aliphatic heterocycles. The molecule has 0 radical (unpaired) electrons. The van der Waals surface area contributed by atoms with E-state index in [2.05, 4.69) is 0 Å². The van der Waals surface area contributed by atoms with Crippen molar-refractivity contribution >= 4 is 0 Å². The number of nitriles is 1. The second-order valence-electron chi connectivity index (χ2n) is 5.11. The molecule has 0 spiro atoms. The van der Waals surface area contributed by atoms with Gasteiger partial charge in [0, 0.05) is 11.6 Å². The van der Waals surface area contributed by atoms with E-state index in [0.29, 0.717) is 6.61 Å². The maximum absolute atomic E-state index is 12.6. The van der Waals surface area contributed by atoms with Crippen LogP contribution in [0, 0.1) is 11.3 Å². The van der Waals surface area contributed by atoms with Gasteiger partial charge >= 0.3 is 0 Å². The summed E-state index contributed by atoms with van der Waals surface area (Å²) in [7, 11) is 0. The summed E-state index contributed by atoms with van der Waals surface area (Å²) in [5.41, 5.74) is 1.56. The molecule has 0 saturated heterocycles.